The highest BCUT2D eigenvalue weighted by Gasteiger charge is 2.21. The predicted molar refractivity (Wildman–Crippen MR) is 108 cm³/mol. The number of anilines is 2. The van der Waals surface area contributed by atoms with E-state index in [1.807, 2.05) is 25.3 Å². The standard InChI is InChI=1S/C21H28N4O/c1-14(2)5-6-18-16(4)23-8-7-19(18)20-11-17(12-21(22)24-20)25-9-10-26-13-15(25)3/h5-8,11-12,14-15H,9-10,13H2,1-4H3,(H2,22,24)/b6-5-. The summed E-state index contributed by atoms with van der Waals surface area (Å²) in [6.45, 7) is 10.9. The van der Waals surface area contributed by atoms with E-state index in [0.29, 0.717) is 17.8 Å². The third kappa shape index (κ3) is 4.05. The van der Waals surface area contributed by atoms with Crippen LogP contribution in [0.3, 0.4) is 0 Å². The van der Waals surface area contributed by atoms with Crippen molar-refractivity contribution in [3.8, 4) is 11.3 Å². The van der Waals surface area contributed by atoms with Crippen LogP contribution in [0, 0.1) is 12.8 Å². The van der Waals surface area contributed by atoms with Gasteiger partial charge in [-0.2, -0.15) is 0 Å². The zero-order valence-electron chi connectivity index (χ0n) is 16.1. The highest BCUT2D eigenvalue weighted by atomic mass is 16.5. The molecule has 1 fully saturated rings. The Bertz CT molecular complexity index is 801. The summed E-state index contributed by atoms with van der Waals surface area (Å²) in [7, 11) is 0. The highest BCUT2D eigenvalue weighted by molar-refractivity contribution is 5.77. The topological polar surface area (TPSA) is 64.3 Å². The number of allylic oxidation sites excluding steroid dienone is 1. The van der Waals surface area contributed by atoms with E-state index in [0.717, 1.165) is 48.0 Å². The van der Waals surface area contributed by atoms with Gasteiger partial charge in [0.15, 0.2) is 0 Å². The number of rotatable bonds is 4. The number of nitrogens with zero attached hydrogens (tertiary/aromatic N) is 3. The average Bonchev–Trinajstić information content (AvgIpc) is 2.60. The first kappa shape index (κ1) is 18.4. The van der Waals surface area contributed by atoms with E-state index in [-0.39, 0.29) is 0 Å². The number of nitrogens with two attached hydrogens (primary N) is 1. The molecule has 5 heteroatoms. The van der Waals surface area contributed by atoms with Gasteiger partial charge in [0.05, 0.1) is 18.9 Å². The molecule has 1 atom stereocenters. The maximum atomic E-state index is 6.16. The molecule has 2 aromatic rings. The van der Waals surface area contributed by atoms with E-state index in [1.165, 1.54) is 0 Å². The fourth-order valence-electron chi connectivity index (χ4n) is 3.25. The predicted octanol–water partition coefficient (Wildman–Crippen LogP) is 3.93. The normalized spacial score (nSPS) is 18.0. The fourth-order valence-corrected chi connectivity index (χ4v) is 3.25. The number of nitrogen functional groups attached to an aromatic ring is 1. The molecule has 0 bridgehead atoms. The molecule has 2 N–H and O–H groups in total. The molecule has 138 valence electrons. The third-order valence-electron chi connectivity index (χ3n) is 4.64. The van der Waals surface area contributed by atoms with Gasteiger partial charge in [0.1, 0.15) is 5.82 Å². The van der Waals surface area contributed by atoms with Crippen LogP contribution in [0.1, 0.15) is 32.0 Å². The van der Waals surface area contributed by atoms with Gasteiger partial charge in [-0.1, -0.05) is 26.0 Å². The van der Waals surface area contributed by atoms with Crippen LogP contribution < -0.4 is 10.6 Å². The molecule has 3 rings (SSSR count). The summed E-state index contributed by atoms with van der Waals surface area (Å²) in [4.78, 5) is 11.4. The molecule has 0 aliphatic carbocycles. The van der Waals surface area contributed by atoms with Crippen LogP contribution in [0.25, 0.3) is 17.3 Å². The minimum absolute atomic E-state index is 0.317. The van der Waals surface area contributed by atoms with Crippen LogP contribution in [0.2, 0.25) is 0 Å². The summed E-state index contributed by atoms with van der Waals surface area (Å²) < 4.78 is 5.56. The van der Waals surface area contributed by atoms with Gasteiger partial charge < -0.3 is 15.4 Å². The van der Waals surface area contributed by atoms with E-state index in [2.05, 4.69) is 53.9 Å². The van der Waals surface area contributed by atoms with Crippen LogP contribution in [0.4, 0.5) is 11.5 Å². The first-order valence-electron chi connectivity index (χ1n) is 9.22. The van der Waals surface area contributed by atoms with Gasteiger partial charge >= 0.3 is 0 Å². The molecule has 1 saturated heterocycles. The summed E-state index contributed by atoms with van der Waals surface area (Å²) in [5.41, 5.74) is 11.3. The zero-order chi connectivity index (χ0) is 18.7. The molecular weight excluding hydrogens is 324 g/mol. The van der Waals surface area contributed by atoms with E-state index in [1.54, 1.807) is 0 Å². The average molecular weight is 352 g/mol. The van der Waals surface area contributed by atoms with Crippen molar-refractivity contribution in [2.75, 3.05) is 30.4 Å². The van der Waals surface area contributed by atoms with Crippen molar-refractivity contribution in [1.82, 2.24) is 9.97 Å². The molecule has 0 saturated carbocycles. The molecule has 26 heavy (non-hydrogen) atoms. The van der Waals surface area contributed by atoms with Gasteiger partial charge in [-0.25, -0.2) is 4.98 Å². The first-order chi connectivity index (χ1) is 12.5. The van der Waals surface area contributed by atoms with E-state index < -0.39 is 0 Å². The lowest BCUT2D eigenvalue weighted by Gasteiger charge is -2.35. The number of hydrogen-bond donors (Lipinski definition) is 1. The third-order valence-corrected chi connectivity index (χ3v) is 4.64. The van der Waals surface area contributed by atoms with Gasteiger partial charge in [0, 0.05) is 47.4 Å². The molecule has 3 heterocycles. The highest BCUT2D eigenvalue weighted by Crippen LogP contribution is 2.31. The van der Waals surface area contributed by atoms with Gasteiger partial charge in [0.25, 0.3) is 0 Å². The Morgan fingerprint density at radius 3 is 2.88 bits per heavy atom. The smallest absolute Gasteiger partial charge is 0.126 e. The van der Waals surface area contributed by atoms with Gasteiger partial charge in [-0.3, -0.25) is 4.98 Å². The molecule has 1 unspecified atom stereocenters. The summed E-state index contributed by atoms with van der Waals surface area (Å²) in [5, 5.41) is 0. The molecule has 0 aromatic carbocycles. The second-order valence-corrected chi connectivity index (χ2v) is 7.21. The number of hydrogen-bond acceptors (Lipinski definition) is 5. The lowest BCUT2D eigenvalue weighted by molar-refractivity contribution is 0.0989. The SMILES string of the molecule is Cc1nccc(-c2cc(N3CCOCC3C)cc(N)n2)c1/C=C\C(C)C. The van der Waals surface area contributed by atoms with Gasteiger partial charge in [0.2, 0.25) is 0 Å². The maximum Gasteiger partial charge on any atom is 0.126 e. The summed E-state index contributed by atoms with van der Waals surface area (Å²) in [6, 6.07) is 6.40. The Morgan fingerprint density at radius 1 is 1.35 bits per heavy atom. The molecule has 0 radical (unpaired) electrons. The number of aryl methyl sites for hydroxylation is 1. The van der Waals surface area contributed by atoms with Crippen LogP contribution in [-0.2, 0) is 4.74 Å². The lowest BCUT2D eigenvalue weighted by atomic mass is 10.0. The Kier molecular flexibility index (Phi) is 5.57. The van der Waals surface area contributed by atoms with Gasteiger partial charge in [-0.15, -0.1) is 0 Å². The van der Waals surface area contributed by atoms with Crippen molar-refractivity contribution in [1.29, 1.82) is 0 Å². The fraction of sp³-hybridized carbons (Fsp3) is 0.429. The molecule has 0 spiro atoms. The van der Waals surface area contributed by atoms with Crippen molar-refractivity contribution >= 4 is 17.6 Å². The first-order valence-corrected chi connectivity index (χ1v) is 9.22. The van der Waals surface area contributed by atoms with Crippen LogP contribution in [0.15, 0.2) is 30.5 Å². The molecule has 1 aliphatic heterocycles. The lowest BCUT2D eigenvalue weighted by Crippen LogP contribution is -2.43. The minimum Gasteiger partial charge on any atom is -0.384 e. The molecule has 2 aromatic heterocycles. The molecular formula is C21H28N4O. The maximum absolute atomic E-state index is 6.16. The van der Waals surface area contributed by atoms with Crippen LogP contribution in [0.5, 0.6) is 0 Å². The van der Waals surface area contributed by atoms with E-state index in [4.69, 9.17) is 10.5 Å². The van der Waals surface area contributed by atoms with Crippen LogP contribution >= 0.6 is 0 Å². The number of aromatic nitrogens is 2. The van der Waals surface area contributed by atoms with E-state index >= 15 is 0 Å². The minimum atomic E-state index is 0.317. The van der Waals surface area contributed by atoms with E-state index in [9.17, 15) is 0 Å². The van der Waals surface area contributed by atoms with Crippen molar-refractivity contribution < 1.29 is 4.74 Å². The largest absolute Gasteiger partial charge is 0.384 e. The molecule has 1 aliphatic rings. The Morgan fingerprint density at radius 2 is 2.15 bits per heavy atom. The second kappa shape index (κ2) is 7.87. The van der Waals surface area contributed by atoms with Crippen LogP contribution in [-0.4, -0.2) is 35.8 Å². The summed E-state index contributed by atoms with van der Waals surface area (Å²) in [5.74, 6) is 1.01. The molecule has 0 amide bonds. The Hall–Kier alpha value is -2.40. The van der Waals surface area contributed by atoms with Crippen molar-refractivity contribution in [3.63, 3.8) is 0 Å². The summed E-state index contributed by atoms with van der Waals surface area (Å²) in [6.07, 6.45) is 6.16. The number of morpholine rings is 1. The number of pyridine rings is 2. The van der Waals surface area contributed by atoms with Gasteiger partial charge in [-0.05, 0) is 31.9 Å². The Balaban J connectivity index is 2.06. The Labute approximate surface area is 155 Å². The van der Waals surface area contributed by atoms with Crippen molar-refractivity contribution in [3.05, 3.63) is 41.7 Å². The second-order valence-electron chi connectivity index (χ2n) is 7.21. The molecule has 5 nitrogen and oxygen atoms in total. The van der Waals surface area contributed by atoms with Crippen molar-refractivity contribution in [2.24, 2.45) is 5.92 Å². The summed E-state index contributed by atoms with van der Waals surface area (Å²) >= 11 is 0. The zero-order valence-corrected chi connectivity index (χ0v) is 16.1. The van der Waals surface area contributed by atoms with Crippen molar-refractivity contribution in [2.45, 2.75) is 33.7 Å². The quantitative estimate of drug-likeness (QED) is 0.903. The number of ether oxygens (including phenoxy) is 1. The monoisotopic (exact) mass is 352 g/mol.